The van der Waals surface area contributed by atoms with Crippen molar-refractivity contribution in [2.24, 2.45) is 5.92 Å². The fourth-order valence-electron chi connectivity index (χ4n) is 3.89. The van der Waals surface area contributed by atoms with Crippen molar-refractivity contribution < 1.29 is 13.2 Å². The minimum atomic E-state index is -4.01. The highest BCUT2D eigenvalue weighted by molar-refractivity contribution is 5.25. The van der Waals surface area contributed by atoms with E-state index in [-0.39, 0.29) is 6.42 Å². The highest BCUT2D eigenvalue weighted by Crippen LogP contribution is 2.37. The predicted octanol–water partition coefficient (Wildman–Crippen LogP) is 7.43. The van der Waals surface area contributed by atoms with Crippen LogP contribution in [0.5, 0.6) is 0 Å². The van der Waals surface area contributed by atoms with E-state index in [1.807, 2.05) is 0 Å². The summed E-state index contributed by atoms with van der Waals surface area (Å²) in [5.41, 5.74) is 2.58. The third kappa shape index (κ3) is 6.86. The SMILES string of the molecule is CCCCC1CCC(c2ccc(CCCCC(F)(F)F)cc2)CC1. The van der Waals surface area contributed by atoms with E-state index in [0.29, 0.717) is 12.3 Å². The Kier molecular flexibility index (Phi) is 7.64. The van der Waals surface area contributed by atoms with E-state index < -0.39 is 12.6 Å². The number of halogens is 3. The first-order valence-corrected chi connectivity index (χ1v) is 9.63. The highest BCUT2D eigenvalue weighted by Gasteiger charge is 2.25. The Morgan fingerprint density at radius 2 is 1.58 bits per heavy atom. The molecule has 0 unspecified atom stereocenters. The van der Waals surface area contributed by atoms with Crippen molar-refractivity contribution >= 4 is 0 Å². The predicted molar refractivity (Wildman–Crippen MR) is 94.3 cm³/mol. The molecule has 0 saturated heterocycles. The van der Waals surface area contributed by atoms with Crippen LogP contribution in [0.2, 0.25) is 0 Å². The van der Waals surface area contributed by atoms with E-state index in [4.69, 9.17) is 0 Å². The Labute approximate surface area is 144 Å². The van der Waals surface area contributed by atoms with Gasteiger partial charge in [0.2, 0.25) is 0 Å². The van der Waals surface area contributed by atoms with E-state index in [1.54, 1.807) is 0 Å². The molecule has 1 fully saturated rings. The molecule has 0 heterocycles. The Hall–Kier alpha value is -0.990. The van der Waals surface area contributed by atoms with Crippen molar-refractivity contribution in [3.8, 4) is 0 Å². The molecule has 0 radical (unpaired) electrons. The normalized spacial score (nSPS) is 21.8. The summed E-state index contributed by atoms with van der Waals surface area (Å²) < 4.78 is 36.4. The molecule has 0 amide bonds. The third-order valence-corrected chi connectivity index (χ3v) is 5.44. The van der Waals surface area contributed by atoms with Gasteiger partial charge in [-0.1, -0.05) is 50.5 Å². The number of unbranched alkanes of at least 4 members (excludes halogenated alkanes) is 2. The van der Waals surface area contributed by atoms with Gasteiger partial charge in [0, 0.05) is 6.42 Å². The summed E-state index contributed by atoms with van der Waals surface area (Å²) in [7, 11) is 0. The van der Waals surface area contributed by atoms with E-state index >= 15 is 0 Å². The molecule has 136 valence electrons. The minimum absolute atomic E-state index is 0.229. The lowest BCUT2D eigenvalue weighted by Gasteiger charge is -2.29. The first kappa shape index (κ1) is 19.3. The van der Waals surface area contributed by atoms with Gasteiger partial charge < -0.3 is 0 Å². The minimum Gasteiger partial charge on any atom is -0.171 e. The van der Waals surface area contributed by atoms with Crippen molar-refractivity contribution in [3.63, 3.8) is 0 Å². The molecule has 2 rings (SSSR count). The van der Waals surface area contributed by atoms with Crippen LogP contribution in [0.4, 0.5) is 13.2 Å². The molecule has 1 saturated carbocycles. The van der Waals surface area contributed by atoms with Crippen LogP contribution in [0.15, 0.2) is 24.3 Å². The molecule has 0 N–H and O–H groups in total. The maximum absolute atomic E-state index is 12.1. The fraction of sp³-hybridized carbons (Fsp3) is 0.714. The number of rotatable bonds is 8. The molecule has 0 nitrogen and oxygen atoms in total. The maximum atomic E-state index is 12.1. The van der Waals surface area contributed by atoms with Crippen molar-refractivity contribution in [2.75, 3.05) is 0 Å². The zero-order valence-electron chi connectivity index (χ0n) is 14.9. The van der Waals surface area contributed by atoms with Gasteiger partial charge in [0.1, 0.15) is 0 Å². The monoisotopic (exact) mass is 340 g/mol. The Balaban J connectivity index is 1.72. The average Bonchev–Trinajstić information content (AvgIpc) is 2.57. The quantitative estimate of drug-likeness (QED) is 0.432. The van der Waals surface area contributed by atoms with E-state index in [0.717, 1.165) is 17.9 Å². The van der Waals surface area contributed by atoms with E-state index in [2.05, 4.69) is 31.2 Å². The molecule has 0 bridgehead atoms. The van der Waals surface area contributed by atoms with Crippen LogP contribution in [0, 0.1) is 5.92 Å². The van der Waals surface area contributed by atoms with Crippen LogP contribution >= 0.6 is 0 Å². The molecule has 1 aromatic rings. The molecular formula is C21H31F3. The number of alkyl halides is 3. The smallest absolute Gasteiger partial charge is 0.171 e. The van der Waals surface area contributed by atoms with Crippen LogP contribution in [0.25, 0.3) is 0 Å². The summed E-state index contributed by atoms with van der Waals surface area (Å²) in [5, 5.41) is 0. The number of hydrogen-bond acceptors (Lipinski definition) is 0. The topological polar surface area (TPSA) is 0 Å². The van der Waals surface area contributed by atoms with Crippen LogP contribution in [0.1, 0.15) is 88.2 Å². The van der Waals surface area contributed by atoms with Crippen LogP contribution in [-0.2, 0) is 6.42 Å². The molecule has 0 spiro atoms. The summed E-state index contributed by atoms with van der Waals surface area (Å²) in [6.45, 7) is 2.26. The van der Waals surface area contributed by atoms with Gasteiger partial charge >= 0.3 is 6.18 Å². The summed E-state index contributed by atoms with van der Waals surface area (Å²) in [5.74, 6) is 1.61. The number of benzene rings is 1. The van der Waals surface area contributed by atoms with Gasteiger partial charge in [-0.25, -0.2) is 0 Å². The zero-order valence-corrected chi connectivity index (χ0v) is 14.9. The van der Waals surface area contributed by atoms with Crippen molar-refractivity contribution in [1.29, 1.82) is 0 Å². The van der Waals surface area contributed by atoms with Crippen molar-refractivity contribution in [1.82, 2.24) is 0 Å². The average molecular weight is 340 g/mol. The standard InChI is InChI=1S/C21H31F3/c1-2-3-6-17-8-12-19(13-9-17)20-14-10-18(11-15-20)7-4-5-16-21(22,23)24/h10-11,14-15,17,19H,2-9,12-13,16H2,1H3. The Morgan fingerprint density at radius 1 is 0.917 bits per heavy atom. The molecule has 3 heteroatoms. The summed E-state index contributed by atoms with van der Waals surface area (Å²) in [4.78, 5) is 0. The van der Waals surface area contributed by atoms with Gasteiger partial charge in [-0.15, -0.1) is 0 Å². The zero-order chi connectivity index (χ0) is 17.4. The van der Waals surface area contributed by atoms with Gasteiger partial charge in [0.05, 0.1) is 0 Å². The van der Waals surface area contributed by atoms with Crippen LogP contribution in [-0.4, -0.2) is 6.18 Å². The largest absolute Gasteiger partial charge is 0.389 e. The maximum Gasteiger partial charge on any atom is 0.389 e. The van der Waals surface area contributed by atoms with Gasteiger partial charge in [-0.2, -0.15) is 13.2 Å². The van der Waals surface area contributed by atoms with Gasteiger partial charge in [0.15, 0.2) is 0 Å². The third-order valence-electron chi connectivity index (χ3n) is 5.44. The lowest BCUT2D eigenvalue weighted by molar-refractivity contribution is -0.135. The summed E-state index contributed by atoms with van der Waals surface area (Å²) >= 11 is 0. The van der Waals surface area contributed by atoms with Gasteiger partial charge in [-0.3, -0.25) is 0 Å². The van der Waals surface area contributed by atoms with Crippen molar-refractivity contribution in [2.45, 2.75) is 89.6 Å². The number of aryl methyl sites for hydroxylation is 1. The molecule has 24 heavy (non-hydrogen) atoms. The second-order valence-electron chi connectivity index (χ2n) is 7.42. The van der Waals surface area contributed by atoms with Gasteiger partial charge in [-0.05, 0) is 67.9 Å². The molecule has 0 aliphatic heterocycles. The molecule has 1 aliphatic rings. The summed E-state index contributed by atoms with van der Waals surface area (Å²) in [6, 6.07) is 8.64. The van der Waals surface area contributed by atoms with Gasteiger partial charge in [0.25, 0.3) is 0 Å². The van der Waals surface area contributed by atoms with Crippen molar-refractivity contribution in [3.05, 3.63) is 35.4 Å². The van der Waals surface area contributed by atoms with E-state index in [9.17, 15) is 13.2 Å². The second-order valence-corrected chi connectivity index (χ2v) is 7.42. The first-order chi connectivity index (χ1) is 11.5. The molecule has 0 aromatic heterocycles. The number of hydrogen-bond donors (Lipinski definition) is 0. The summed E-state index contributed by atoms with van der Waals surface area (Å²) in [6.07, 6.45) is 6.25. The first-order valence-electron chi connectivity index (χ1n) is 9.63. The second kappa shape index (κ2) is 9.48. The van der Waals surface area contributed by atoms with E-state index in [1.165, 1.54) is 50.5 Å². The lowest BCUT2D eigenvalue weighted by atomic mass is 9.77. The molecule has 0 atom stereocenters. The highest BCUT2D eigenvalue weighted by atomic mass is 19.4. The molecule has 1 aliphatic carbocycles. The van der Waals surface area contributed by atoms with Crippen LogP contribution < -0.4 is 0 Å². The molecule has 1 aromatic carbocycles. The Bertz CT molecular complexity index is 453. The lowest BCUT2D eigenvalue weighted by Crippen LogP contribution is -2.13. The van der Waals surface area contributed by atoms with Crippen LogP contribution in [0.3, 0.4) is 0 Å². The molecular weight excluding hydrogens is 309 g/mol. The Morgan fingerprint density at radius 3 is 2.17 bits per heavy atom. The fourth-order valence-corrected chi connectivity index (χ4v) is 3.89.